The lowest BCUT2D eigenvalue weighted by atomic mass is 10.1. The van der Waals surface area contributed by atoms with Gasteiger partial charge in [0.15, 0.2) is 6.29 Å². The van der Waals surface area contributed by atoms with E-state index in [1.54, 1.807) is 0 Å². The monoisotopic (exact) mass is 318 g/mol. The summed E-state index contributed by atoms with van der Waals surface area (Å²) in [4.78, 5) is 0. The van der Waals surface area contributed by atoms with Gasteiger partial charge in [0.1, 0.15) is 0 Å². The van der Waals surface area contributed by atoms with Crippen molar-refractivity contribution >= 4 is 11.6 Å². The van der Waals surface area contributed by atoms with Crippen molar-refractivity contribution in [3.8, 4) is 0 Å². The minimum Gasteiger partial charge on any atom is -0.353 e. The molecule has 0 atom stereocenters. The molecule has 126 valence electrons. The van der Waals surface area contributed by atoms with Crippen LogP contribution in [0.5, 0.6) is 0 Å². The number of hydrogen-bond donors (Lipinski definition) is 0. The zero-order valence-electron chi connectivity index (χ0n) is 14.1. The third-order valence-corrected chi connectivity index (χ3v) is 3.68. The highest BCUT2D eigenvalue weighted by molar-refractivity contribution is 6.17. The van der Waals surface area contributed by atoms with Crippen molar-refractivity contribution in [3.05, 3.63) is 12.2 Å². The molecule has 0 aliphatic rings. The minimum absolute atomic E-state index is 0.0137. The van der Waals surface area contributed by atoms with E-state index in [0.29, 0.717) is 0 Å². The summed E-state index contributed by atoms with van der Waals surface area (Å²) in [6, 6.07) is 0. The molecule has 0 aromatic carbocycles. The van der Waals surface area contributed by atoms with Gasteiger partial charge in [-0.1, -0.05) is 44.3 Å². The van der Waals surface area contributed by atoms with Gasteiger partial charge in [0.25, 0.3) is 0 Å². The van der Waals surface area contributed by atoms with Crippen molar-refractivity contribution in [2.24, 2.45) is 0 Å². The van der Waals surface area contributed by atoms with E-state index in [0.717, 1.165) is 31.9 Å². The van der Waals surface area contributed by atoms with Gasteiger partial charge in [0.2, 0.25) is 0 Å². The topological polar surface area (TPSA) is 18.5 Å². The highest BCUT2D eigenvalue weighted by Gasteiger charge is 2.06. The fourth-order valence-corrected chi connectivity index (χ4v) is 2.47. The number of ether oxygens (including phenoxy) is 2. The summed E-state index contributed by atoms with van der Waals surface area (Å²) in [5, 5.41) is 0. The molecule has 0 heterocycles. The lowest BCUT2D eigenvalue weighted by molar-refractivity contribution is -0.140. The van der Waals surface area contributed by atoms with E-state index in [1.165, 1.54) is 51.4 Å². The molecule has 2 nitrogen and oxygen atoms in total. The van der Waals surface area contributed by atoms with E-state index in [9.17, 15) is 0 Å². The Hall–Kier alpha value is -0.0500. The molecule has 0 spiro atoms. The molecule has 0 amide bonds. The first-order chi connectivity index (χ1) is 10.3. The highest BCUT2D eigenvalue weighted by atomic mass is 35.5. The van der Waals surface area contributed by atoms with Crippen molar-refractivity contribution in [1.29, 1.82) is 0 Å². The summed E-state index contributed by atoms with van der Waals surface area (Å²) in [6.07, 6.45) is 17.0. The van der Waals surface area contributed by atoms with E-state index in [2.05, 4.69) is 12.2 Å². The number of allylic oxidation sites excluding steroid dienone is 2. The van der Waals surface area contributed by atoms with E-state index < -0.39 is 0 Å². The second-order valence-electron chi connectivity index (χ2n) is 5.34. The summed E-state index contributed by atoms with van der Waals surface area (Å²) in [5.41, 5.74) is 0. The molecule has 0 aromatic heterocycles. The lowest BCUT2D eigenvalue weighted by Crippen LogP contribution is -2.17. The first-order valence-electron chi connectivity index (χ1n) is 8.79. The third kappa shape index (κ3) is 16.2. The number of hydrogen-bond acceptors (Lipinski definition) is 2. The Labute approximate surface area is 137 Å². The summed E-state index contributed by atoms with van der Waals surface area (Å²) in [6.45, 7) is 5.53. The second kappa shape index (κ2) is 18.0. The molecular formula is C18H35ClO2. The molecule has 0 radical (unpaired) electrons. The SMILES string of the molecule is CCOC(CCCCCCCCC/C=C\CCCl)OCC. The zero-order valence-corrected chi connectivity index (χ0v) is 14.9. The van der Waals surface area contributed by atoms with Crippen LogP contribution in [0.1, 0.15) is 78.1 Å². The van der Waals surface area contributed by atoms with E-state index in [-0.39, 0.29) is 6.29 Å². The van der Waals surface area contributed by atoms with Gasteiger partial charge in [0, 0.05) is 19.1 Å². The normalized spacial score (nSPS) is 11.8. The quantitative estimate of drug-likeness (QED) is 0.148. The first-order valence-corrected chi connectivity index (χ1v) is 9.32. The Balaban J connectivity index is 3.24. The van der Waals surface area contributed by atoms with Crippen molar-refractivity contribution in [2.75, 3.05) is 19.1 Å². The largest absolute Gasteiger partial charge is 0.353 e. The van der Waals surface area contributed by atoms with Crippen LogP contribution in [0.2, 0.25) is 0 Å². The molecule has 0 bridgehead atoms. The van der Waals surface area contributed by atoms with Crippen molar-refractivity contribution in [1.82, 2.24) is 0 Å². The van der Waals surface area contributed by atoms with Crippen LogP contribution in [-0.4, -0.2) is 25.4 Å². The molecule has 3 heteroatoms. The Morgan fingerprint density at radius 2 is 1.29 bits per heavy atom. The van der Waals surface area contributed by atoms with Gasteiger partial charge in [-0.2, -0.15) is 0 Å². The van der Waals surface area contributed by atoms with Crippen LogP contribution in [0.3, 0.4) is 0 Å². The predicted octanol–water partition coefficient (Wildman–Crippen LogP) is 6.08. The van der Waals surface area contributed by atoms with E-state index in [1.807, 2.05) is 13.8 Å². The maximum atomic E-state index is 5.61. The molecule has 0 fully saturated rings. The molecule has 0 aliphatic heterocycles. The molecule has 0 aromatic rings. The van der Waals surface area contributed by atoms with Gasteiger partial charge in [-0.25, -0.2) is 0 Å². The average molecular weight is 319 g/mol. The van der Waals surface area contributed by atoms with Crippen LogP contribution < -0.4 is 0 Å². The highest BCUT2D eigenvalue weighted by Crippen LogP contribution is 2.12. The fourth-order valence-electron chi connectivity index (χ4n) is 2.34. The smallest absolute Gasteiger partial charge is 0.157 e. The molecule has 0 aliphatic carbocycles. The number of halogens is 1. The first kappa shape index (κ1) is 20.9. The predicted molar refractivity (Wildman–Crippen MR) is 93.1 cm³/mol. The molecule has 0 unspecified atom stereocenters. The van der Waals surface area contributed by atoms with Gasteiger partial charge in [-0.15, -0.1) is 11.6 Å². The lowest BCUT2D eigenvalue weighted by Gasteiger charge is -2.16. The third-order valence-electron chi connectivity index (χ3n) is 3.46. The van der Waals surface area contributed by atoms with Crippen LogP contribution >= 0.6 is 11.6 Å². The molecule has 21 heavy (non-hydrogen) atoms. The van der Waals surface area contributed by atoms with Gasteiger partial charge < -0.3 is 9.47 Å². The van der Waals surface area contributed by atoms with Crippen LogP contribution in [-0.2, 0) is 9.47 Å². The van der Waals surface area contributed by atoms with E-state index in [4.69, 9.17) is 21.1 Å². The Morgan fingerprint density at radius 3 is 1.86 bits per heavy atom. The number of unbranched alkanes of at least 4 members (excludes halogenated alkanes) is 7. The van der Waals surface area contributed by atoms with Crippen LogP contribution in [0.15, 0.2) is 12.2 Å². The van der Waals surface area contributed by atoms with Crippen molar-refractivity contribution in [2.45, 2.75) is 84.3 Å². The average Bonchev–Trinajstić information content (AvgIpc) is 2.48. The number of alkyl halides is 1. The van der Waals surface area contributed by atoms with Gasteiger partial charge in [-0.05, 0) is 46.0 Å². The molecule has 0 rings (SSSR count). The standard InChI is InChI=1S/C18H35ClO2/c1-3-20-18(21-4-2)16-14-12-10-8-6-5-7-9-11-13-15-17-19/h11,13,18H,3-10,12,14-17H2,1-2H3/b13-11-. The van der Waals surface area contributed by atoms with Crippen LogP contribution in [0, 0.1) is 0 Å². The Morgan fingerprint density at radius 1 is 0.762 bits per heavy atom. The molecule has 0 saturated carbocycles. The van der Waals surface area contributed by atoms with Gasteiger partial charge >= 0.3 is 0 Å². The van der Waals surface area contributed by atoms with Crippen LogP contribution in [0.4, 0.5) is 0 Å². The minimum atomic E-state index is 0.0137. The van der Waals surface area contributed by atoms with E-state index >= 15 is 0 Å². The summed E-state index contributed by atoms with van der Waals surface area (Å²) in [5.74, 6) is 0.740. The summed E-state index contributed by atoms with van der Waals surface area (Å²) >= 11 is 5.61. The summed E-state index contributed by atoms with van der Waals surface area (Å²) in [7, 11) is 0. The maximum absolute atomic E-state index is 5.61. The second-order valence-corrected chi connectivity index (χ2v) is 5.72. The molecule has 0 saturated heterocycles. The van der Waals surface area contributed by atoms with Crippen molar-refractivity contribution < 1.29 is 9.47 Å². The fraction of sp³-hybridized carbons (Fsp3) is 0.889. The molecule has 0 N–H and O–H groups in total. The Bertz CT molecular complexity index is 213. The zero-order chi connectivity index (χ0) is 15.6. The van der Waals surface area contributed by atoms with Gasteiger partial charge in [-0.3, -0.25) is 0 Å². The van der Waals surface area contributed by atoms with Gasteiger partial charge in [0.05, 0.1) is 0 Å². The number of rotatable bonds is 16. The maximum Gasteiger partial charge on any atom is 0.157 e. The summed E-state index contributed by atoms with van der Waals surface area (Å²) < 4.78 is 11.1. The van der Waals surface area contributed by atoms with Crippen LogP contribution in [0.25, 0.3) is 0 Å². The van der Waals surface area contributed by atoms with Crippen molar-refractivity contribution in [3.63, 3.8) is 0 Å². The molecular weight excluding hydrogens is 284 g/mol. The Kier molecular flexibility index (Phi) is 18.0.